The Morgan fingerprint density at radius 2 is 1.17 bits per heavy atom. The van der Waals surface area contributed by atoms with E-state index in [4.69, 9.17) is 0 Å². The van der Waals surface area contributed by atoms with Crippen molar-refractivity contribution in [1.82, 2.24) is 34.6 Å². The summed E-state index contributed by atoms with van der Waals surface area (Å²) in [5.41, 5.74) is 1.87. The predicted octanol–water partition coefficient (Wildman–Crippen LogP) is -0.692. The molecule has 1 aromatic heterocycles. The van der Waals surface area contributed by atoms with Crippen molar-refractivity contribution in [2.45, 2.75) is 25.8 Å². The number of nitrogens with zero attached hydrogens (tertiary/aromatic N) is 8. The number of aromatic nitrogens is 3. The molecule has 1 fully saturated rings. The summed E-state index contributed by atoms with van der Waals surface area (Å²) in [5.74, 6) is -2.38. The summed E-state index contributed by atoms with van der Waals surface area (Å²) in [7, 11) is 3.72. The second-order valence-electron chi connectivity index (χ2n) is 11.7. The summed E-state index contributed by atoms with van der Waals surface area (Å²) in [4.78, 5) is 68.8. The van der Waals surface area contributed by atoms with Gasteiger partial charge in [-0.15, -0.1) is 0 Å². The van der Waals surface area contributed by atoms with Crippen molar-refractivity contribution in [3.05, 3.63) is 47.0 Å². The van der Waals surface area contributed by atoms with E-state index in [2.05, 4.69) is 15.0 Å². The lowest BCUT2D eigenvalue weighted by Crippen LogP contribution is -2.53. The third-order valence-corrected chi connectivity index (χ3v) is 7.61. The Morgan fingerprint density at radius 3 is 1.70 bits per heavy atom. The van der Waals surface area contributed by atoms with Crippen LogP contribution in [-0.2, 0) is 32.0 Å². The molecule has 0 aliphatic carbocycles. The van der Waals surface area contributed by atoms with Gasteiger partial charge in [-0.2, -0.15) is 9.97 Å². The van der Waals surface area contributed by atoms with Gasteiger partial charge in [0, 0.05) is 72.4 Å². The molecule has 1 aliphatic rings. The van der Waals surface area contributed by atoms with Gasteiger partial charge in [-0.05, 0) is 24.5 Å². The van der Waals surface area contributed by atoms with E-state index in [0.717, 1.165) is 11.1 Å². The SMILES string of the molecule is Cc1nc(Cc2ccc(CC3CN(CC(=O)O)CCN(CC(=O)O)CCN(CC(=O)O)CCN3CC(=O)O)cc2)nc(N(C)C)n1. The van der Waals surface area contributed by atoms with Crippen molar-refractivity contribution in [2.24, 2.45) is 0 Å². The molecule has 16 heteroatoms. The molecule has 0 amide bonds. The fraction of sp³-hybridized carbons (Fsp3) is 0.567. The Morgan fingerprint density at radius 1 is 0.696 bits per heavy atom. The molecular formula is C30H44N8O8. The molecule has 2 aromatic rings. The number of aliphatic carboxylic acids is 4. The van der Waals surface area contributed by atoms with Crippen LogP contribution in [0.3, 0.4) is 0 Å². The van der Waals surface area contributed by atoms with Crippen LogP contribution < -0.4 is 4.90 Å². The average molecular weight is 645 g/mol. The first-order chi connectivity index (χ1) is 21.8. The number of anilines is 1. The zero-order chi connectivity index (χ0) is 33.8. The average Bonchev–Trinajstić information content (AvgIpc) is 2.95. The Kier molecular flexibility index (Phi) is 13.7. The van der Waals surface area contributed by atoms with Crippen molar-refractivity contribution < 1.29 is 39.6 Å². The number of aryl methyl sites for hydroxylation is 1. The molecule has 1 atom stereocenters. The molecule has 0 spiro atoms. The summed E-state index contributed by atoms with van der Waals surface area (Å²) in [6, 6.07) is 7.35. The lowest BCUT2D eigenvalue weighted by Gasteiger charge is -2.37. The number of carboxylic acids is 4. The molecule has 252 valence electrons. The van der Waals surface area contributed by atoms with Crippen LogP contribution in [0.25, 0.3) is 0 Å². The molecular weight excluding hydrogens is 600 g/mol. The van der Waals surface area contributed by atoms with Crippen molar-refractivity contribution in [1.29, 1.82) is 0 Å². The van der Waals surface area contributed by atoms with Crippen LogP contribution in [0, 0.1) is 6.92 Å². The topological polar surface area (TPSA) is 204 Å². The van der Waals surface area contributed by atoms with Crippen LogP contribution in [0.5, 0.6) is 0 Å². The second-order valence-corrected chi connectivity index (χ2v) is 11.7. The third-order valence-electron chi connectivity index (χ3n) is 7.61. The Hall–Kier alpha value is -4.25. The highest BCUT2D eigenvalue weighted by Gasteiger charge is 2.27. The first kappa shape index (κ1) is 36.2. The molecule has 0 saturated carbocycles. The van der Waals surface area contributed by atoms with Crippen LogP contribution in [0.1, 0.15) is 22.8 Å². The minimum atomic E-state index is -1.06. The van der Waals surface area contributed by atoms with Crippen LogP contribution in [0.15, 0.2) is 24.3 Å². The Bertz CT molecular complexity index is 1340. The number of hydrogen-bond donors (Lipinski definition) is 4. The van der Waals surface area contributed by atoms with Crippen molar-refractivity contribution in [3.8, 4) is 0 Å². The highest BCUT2D eigenvalue weighted by molar-refractivity contribution is 5.70. The predicted molar refractivity (Wildman–Crippen MR) is 167 cm³/mol. The fourth-order valence-electron chi connectivity index (χ4n) is 5.40. The Labute approximate surface area is 267 Å². The number of carboxylic acid groups (broad SMARTS) is 4. The van der Waals surface area contributed by atoms with E-state index < -0.39 is 29.9 Å². The highest BCUT2D eigenvalue weighted by atomic mass is 16.4. The van der Waals surface area contributed by atoms with Crippen LogP contribution in [-0.4, -0.2) is 171 Å². The van der Waals surface area contributed by atoms with E-state index in [1.54, 1.807) is 19.6 Å². The van der Waals surface area contributed by atoms with E-state index in [1.165, 1.54) is 0 Å². The normalized spacial score (nSPS) is 17.9. The smallest absolute Gasteiger partial charge is 0.317 e. The zero-order valence-corrected chi connectivity index (χ0v) is 26.6. The second kappa shape index (κ2) is 17.4. The quantitative estimate of drug-likeness (QED) is 0.213. The summed E-state index contributed by atoms with van der Waals surface area (Å²) in [6.45, 7) is 2.28. The third kappa shape index (κ3) is 12.6. The van der Waals surface area contributed by atoms with Gasteiger partial charge in [-0.1, -0.05) is 24.3 Å². The molecule has 0 bridgehead atoms. The summed E-state index contributed by atoms with van der Waals surface area (Å²) < 4.78 is 0. The van der Waals surface area contributed by atoms with Gasteiger partial charge in [0.2, 0.25) is 5.95 Å². The summed E-state index contributed by atoms with van der Waals surface area (Å²) in [6.07, 6.45) is 0.884. The number of rotatable bonds is 13. The van der Waals surface area contributed by atoms with Gasteiger partial charge in [0.05, 0.1) is 26.2 Å². The van der Waals surface area contributed by atoms with Gasteiger partial charge in [0.15, 0.2) is 0 Å². The van der Waals surface area contributed by atoms with Crippen molar-refractivity contribution in [2.75, 3.05) is 91.0 Å². The molecule has 46 heavy (non-hydrogen) atoms. The Balaban J connectivity index is 1.89. The van der Waals surface area contributed by atoms with Gasteiger partial charge < -0.3 is 25.3 Å². The van der Waals surface area contributed by atoms with Gasteiger partial charge in [0.1, 0.15) is 11.6 Å². The minimum absolute atomic E-state index is 0.207. The minimum Gasteiger partial charge on any atom is -0.480 e. The van der Waals surface area contributed by atoms with E-state index >= 15 is 0 Å². The van der Waals surface area contributed by atoms with E-state index in [1.807, 2.05) is 50.2 Å². The van der Waals surface area contributed by atoms with Gasteiger partial charge in [0.25, 0.3) is 0 Å². The monoisotopic (exact) mass is 644 g/mol. The molecule has 0 radical (unpaired) electrons. The molecule has 3 rings (SSSR count). The first-order valence-electron chi connectivity index (χ1n) is 15.0. The molecule has 2 heterocycles. The van der Waals surface area contributed by atoms with Crippen LogP contribution >= 0.6 is 0 Å². The standard InChI is InChI=1S/C30H44N8O8/c1-21-31-25(33-30(32-21)34(2)3)15-23-6-4-22(5-7-23)14-24-16-37(19-28(43)44)11-10-35(17-26(39)40)8-9-36(18-27(41)42)12-13-38(24)20-29(45)46/h4-7,24H,8-20H2,1-3H3,(H,39,40)(H,41,42)(H,43,44)(H,45,46). The van der Waals surface area contributed by atoms with E-state index in [-0.39, 0.29) is 72.0 Å². The number of hydrogen-bond acceptors (Lipinski definition) is 12. The van der Waals surface area contributed by atoms with E-state index in [0.29, 0.717) is 30.4 Å². The van der Waals surface area contributed by atoms with Gasteiger partial charge in [-0.25, -0.2) is 4.98 Å². The van der Waals surface area contributed by atoms with Crippen LogP contribution in [0.2, 0.25) is 0 Å². The maximum absolute atomic E-state index is 12.0. The lowest BCUT2D eigenvalue weighted by molar-refractivity contribution is -0.142. The molecule has 1 saturated heterocycles. The van der Waals surface area contributed by atoms with Crippen LogP contribution in [0.4, 0.5) is 5.95 Å². The maximum Gasteiger partial charge on any atom is 0.317 e. The fourth-order valence-corrected chi connectivity index (χ4v) is 5.40. The highest BCUT2D eigenvalue weighted by Crippen LogP contribution is 2.16. The first-order valence-corrected chi connectivity index (χ1v) is 15.0. The number of benzene rings is 1. The lowest BCUT2D eigenvalue weighted by atomic mass is 10.0. The molecule has 4 N–H and O–H groups in total. The van der Waals surface area contributed by atoms with Gasteiger partial charge >= 0.3 is 23.9 Å². The summed E-state index contributed by atoms with van der Waals surface area (Å²) in [5, 5.41) is 38.3. The molecule has 1 aromatic carbocycles. The zero-order valence-electron chi connectivity index (χ0n) is 26.6. The molecule has 1 aliphatic heterocycles. The number of carbonyl (C=O) groups is 4. The maximum atomic E-state index is 12.0. The van der Waals surface area contributed by atoms with E-state index in [9.17, 15) is 39.6 Å². The molecule has 16 nitrogen and oxygen atoms in total. The largest absolute Gasteiger partial charge is 0.480 e. The van der Waals surface area contributed by atoms with Crippen molar-refractivity contribution >= 4 is 29.8 Å². The molecule has 1 unspecified atom stereocenters. The van der Waals surface area contributed by atoms with Crippen molar-refractivity contribution in [3.63, 3.8) is 0 Å². The summed E-state index contributed by atoms with van der Waals surface area (Å²) >= 11 is 0. The van der Waals surface area contributed by atoms with Gasteiger partial charge in [-0.3, -0.25) is 38.8 Å².